The van der Waals surface area contributed by atoms with E-state index in [2.05, 4.69) is 5.32 Å². The number of ether oxygens (including phenoxy) is 1. The number of benzene rings is 1. The van der Waals surface area contributed by atoms with E-state index in [0.717, 1.165) is 5.56 Å². The van der Waals surface area contributed by atoms with Crippen molar-refractivity contribution in [3.05, 3.63) is 35.4 Å². The molecule has 1 amide bonds. The summed E-state index contributed by atoms with van der Waals surface area (Å²) in [6.07, 6.45) is -3.66. The molecule has 0 saturated carbocycles. The second-order valence-corrected chi connectivity index (χ2v) is 5.05. The van der Waals surface area contributed by atoms with E-state index >= 15 is 0 Å². The molecule has 1 aromatic carbocycles. The van der Waals surface area contributed by atoms with Crippen LogP contribution >= 0.6 is 0 Å². The van der Waals surface area contributed by atoms with Gasteiger partial charge in [0.05, 0.1) is 12.7 Å². The summed E-state index contributed by atoms with van der Waals surface area (Å²) in [5, 5.41) is 10.9. The lowest BCUT2D eigenvalue weighted by Crippen LogP contribution is -2.42. The number of carbonyl (C=O) groups excluding carboxylic acids is 1. The van der Waals surface area contributed by atoms with Crippen LogP contribution in [0.4, 0.5) is 8.78 Å². The quantitative estimate of drug-likeness (QED) is 0.772. The molecular weight excluding hydrogens is 296 g/mol. The minimum atomic E-state index is -2.81. The maximum absolute atomic E-state index is 12.3. The number of hydrogen-bond donors (Lipinski definition) is 2. The highest BCUT2D eigenvalue weighted by atomic mass is 19.3. The Bertz CT molecular complexity index is 503. The predicted molar refractivity (Wildman–Crippen MR) is 75.9 cm³/mol. The van der Waals surface area contributed by atoms with Crippen LogP contribution in [0, 0.1) is 0 Å². The number of halogens is 2. The first-order chi connectivity index (χ1) is 10.3. The van der Waals surface area contributed by atoms with Crippen LogP contribution < -0.4 is 5.32 Å². The highest BCUT2D eigenvalue weighted by molar-refractivity contribution is 5.96. The van der Waals surface area contributed by atoms with E-state index in [0.29, 0.717) is 6.61 Å². The Labute approximate surface area is 127 Å². The van der Waals surface area contributed by atoms with Gasteiger partial charge < -0.3 is 15.2 Å². The second-order valence-electron chi connectivity index (χ2n) is 5.05. The first-order valence-electron chi connectivity index (χ1n) is 6.82. The number of carboxylic acids is 1. The van der Waals surface area contributed by atoms with Crippen molar-refractivity contribution in [1.82, 2.24) is 5.32 Å². The van der Waals surface area contributed by atoms with Crippen LogP contribution in [0.2, 0.25) is 0 Å². The molecule has 0 heterocycles. The van der Waals surface area contributed by atoms with Crippen molar-refractivity contribution < 1.29 is 28.2 Å². The van der Waals surface area contributed by atoms with Gasteiger partial charge in [0.15, 0.2) is 0 Å². The smallest absolute Gasteiger partial charge is 0.326 e. The number of carbonyl (C=O) groups is 2. The van der Waals surface area contributed by atoms with Crippen LogP contribution in [-0.4, -0.2) is 35.6 Å². The fourth-order valence-electron chi connectivity index (χ4n) is 1.66. The van der Waals surface area contributed by atoms with Crippen LogP contribution in [-0.2, 0) is 16.1 Å². The molecule has 0 radical (unpaired) electrons. The topological polar surface area (TPSA) is 75.6 Å². The summed E-state index contributed by atoms with van der Waals surface area (Å²) in [7, 11) is 0. The summed E-state index contributed by atoms with van der Waals surface area (Å²) < 4.78 is 30.0. The molecule has 0 fully saturated rings. The monoisotopic (exact) mass is 315 g/mol. The summed E-state index contributed by atoms with van der Waals surface area (Å²) in [5.74, 6) is -2.19. The summed E-state index contributed by atoms with van der Waals surface area (Å²) in [6.45, 7) is 4.19. The molecule has 1 atom stereocenters. The highest BCUT2D eigenvalue weighted by Crippen LogP contribution is 2.09. The van der Waals surface area contributed by atoms with Crippen LogP contribution in [0.5, 0.6) is 0 Å². The van der Waals surface area contributed by atoms with E-state index in [1.54, 1.807) is 12.1 Å². The van der Waals surface area contributed by atoms with Gasteiger partial charge in [-0.15, -0.1) is 0 Å². The molecule has 1 rings (SSSR count). The fourth-order valence-corrected chi connectivity index (χ4v) is 1.66. The van der Waals surface area contributed by atoms with Gasteiger partial charge in [-0.3, -0.25) is 4.79 Å². The Morgan fingerprint density at radius 3 is 2.27 bits per heavy atom. The summed E-state index contributed by atoms with van der Waals surface area (Å²) in [4.78, 5) is 22.7. The van der Waals surface area contributed by atoms with Crippen LogP contribution in [0.15, 0.2) is 24.3 Å². The van der Waals surface area contributed by atoms with Crippen molar-refractivity contribution in [2.75, 3.05) is 0 Å². The molecule has 1 aromatic rings. The Morgan fingerprint density at radius 1 is 1.23 bits per heavy atom. The van der Waals surface area contributed by atoms with Gasteiger partial charge >= 0.3 is 5.97 Å². The molecule has 0 saturated heterocycles. The Hall–Kier alpha value is -2.02. The van der Waals surface area contributed by atoms with E-state index in [4.69, 9.17) is 9.84 Å². The molecule has 0 aliphatic carbocycles. The number of amides is 1. The van der Waals surface area contributed by atoms with Crippen LogP contribution in [0.25, 0.3) is 0 Å². The van der Waals surface area contributed by atoms with Gasteiger partial charge in [-0.1, -0.05) is 12.1 Å². The zero-order valence-corrected chi connectivity index (χ0v) is 12.4. The number of carboxylic acid groups (broad SMARTS) is 1. The highest BCUT2D eigenvalue weighted by Gasteiger charge is 2.24. The molecular formula is C15H19F2NO4. The minimum absolute atomic E-state index is 0.0775. The Morgan fingerprint density at radius 2 is 1.82 bits per heavy atom. The molecule has 7 heteroatoms. The second kappa shape index (κ2) is 8.43. The van der Waals surface area contributed by atoms with Gasteiger partial charge in [0, 0.05) is 12.0 Å². The molecule has 2 N–H and O–H groups in total. The third-order valence-electron chi connectivity index (χ3n) is 2.82. The predicted octanol–water partition coefficient (Wildman–Crippen LogP) is 2.45. The molecule has 0 aliphatic heterocycles. The van der Waals surface area contributed by atoms with E-state index in [1.807, 2.05) is 13.8 Å². The lowest BCUT2D eigenvalue weighted by atomic mass is 10.1. The first-order valence-corrected chi connectivity index (χ1v) is 6.82. The number of hydrogen-bond acceptors (Lipinski definition) is 3. The van der Waals surface area contributed by atoms with Gasteiger partial charge in [0.1, 0.15) is 6.04 Å². The van der Waals surface area contributed by atoms with Crippen molar-refractivity contribution in [2.24, 2.45) is 0 Å². The molecule has 122 valence electrons. The van der Waals surface area contributed by atoms with Crippen molar-refractivity contribution in [1.29, 1.82) is 0 Å². The Balaban J connectivity index is 2.66. The van der Waals surface area contributed by atoms with E-state index < -0.39 is 30.8 Å². The first kappa shape index (κ1) is 18.0. The SMILES string of the molecule is CC(C)OCc1ccc(C(=O)NC(CC(F)F)C(=O)O)cc1. The van der Waals surface area contributed by atoms with Gasteiger partial charge in [-0.05, 0) is 31.5 Å². The van der Waals surface area contributed by atoms with Crippen LogP contribution in [0.3, 0.4) is 0 Å². The number of aliphatic carboxylic acids is 1. The average Bonchev–Trinajstić information content (AvgIpc) is 2.44. The van der Waals surface area contributed by atoms with Crippen molar-refractivity contribution in [2.45, 2.75) is 45.4 Å². The molecule has 1 unspecified atom stereocenters. The Kier molecular flexibility index (Phi) is 6.91. The minimum Gasteiger partial charge on any atom is -0.480 e. The summed E-state index contributed by atoms with van der Waals surface area (Å²) in [6, 6.07) is 4.71. The normalized spacial score (nSPS) is 12.5. The van der Waals surface area contributed by atoms with Gasteiger partial charge in [-0.25, -0.2) is 13.6 Å². The fraction of sp³-hybridized carbons (Fsp3) is 0.467. The zero-order valence-electron chi connectivity index (χ0n) is 12.4. The van der Waals surface area contributed by atoms with Gasteiger partial charge in [-0.2, -0.15) is 0 Å². The third-order valence-corrected chi connectivity index (χ3v) is 2.82. The van der Waals surface area contributed by atoms with Crippen molar-refractivity contribution in [3.63, 3.8) is 0 Å². The largest absolute Gasteiger partial charge is 0.480 e. The summed E-state index contributed by atoms with van der Waals surface area (Å²) >= 11 is 0. The van der Waals surface area contributed by atoms with Gasteiger partial charge in [0.2, 0.25) is 6.43 Å². The van der Waals surface area contributed by atoms with E-state index in [1.165, 1.54) is 12.1 Å². The lowest BCUT2D eigenvalue weighted by Gasteiger charge is -2.14. The maximum Gasteiger partial charge on any atom is 0.326 e. The molecule has 5 nitrogen and oxygen atoms in total. The standard InChI is InChI=1S/C15H19F2NO4/c1-9(2)22-8-10-3-5-11(6-4-10)14(19)18-12(15(20)21)7-13(16)17/h3-6,9,12-13H,7-8H2,1-2H3,(H,18,19)(H,20,21). The number of rotatable bonds is 8. The third kappa shape index (κ3) is 6.17. The van der Waals surface area contributed by atoms with E-state index in [9.17, 15) is 18.4 Å². The zero-order chi connectivity index (χ0) is 16.7. The summed E-state index contributed by atoms with van der Waals surface area (Å²) in [5.41, 5.74) is 1.06. The molecule has 22 heavy (non-hydrogen) atoms. The van der Waals surface area contributed by atoms with Crippen LogP contribution in [0.1, 0.15) is 36.2 Å². The number of alkyl halides is 2. The van der Waals surface area contributed by atoms with Crippen molar-refractivity contribution >= 4 is 11.9 Å². The molecule has 0 aliphatic rings. The average molecular weight is 315 g/mol. The lowest BCUT2D eigenvalue weighted by molar-refractivity contribution is -0.140. The maximum atomic E-state index is 12.3. The molecule has 0 aromatic heterocycles. The van der Waals surface area contributed by atoms with Gasteiger partial charge in [0.25, 0.3) is 5.91 Å². The molecule has 0 bridgehead atoms. The number of nitrogens with one attached hydrogen (secondary N) is 1. The van der Waals surface area contributed by atoms with Crippen molar-refractivity contribution in [3.8, 4) is 0 Å². The molecule has 0 spiro atoms. The van der Waals surface area contributed by atoms with E-state index in [-0.39, 0.29) is 11.7 Å².